The van der Waals surface area contributed by atoms with Crippen molar-refractivity contribution >= 4 is 23.3 Å². The summed E-state index contributed by atoms with van der Waals surface area (Å²) in [5.41, 5.74) is 0.203. The van der Waals surface area contributed by atoms with E-state index in [1.165, 1.54) is 6.20 Å². The number of pyridine rings is 2. The van der Waals surface area contributed by atoms with Crippen LogP contribution in [0.25, 0.3) is 0 Å². The minimum Gasteiger partial charge on any atom is -0.356 e. The Hall–Kier alpha value is -2.97. The number of aromatic nitrogens is 2. The lowest BCUT2D eigenvalue weighted by atomic mass is 9.91. The number of halogens is 3. The summed E-state index contributed by atoms with van der Waals surface area (Å²) < 4.78 is 38.8. The number of hydrogen-bond acceptors (Lipinski definition) is 5. The van der Waals surface area contributed by atoms with Crippen molar-refractivity contribution in [3.05, 3.63) is 47.3 Å². The van der Waals surface area contributed by atoms with Crippen LogP contribution in [0.5, 0.6) is 0 Å². The molecule has 9 heteroatoms. The molecule has 1 saturated heterocycles. The Bertz CT molecular complexity index is 1020. The first kappa shape index (κ1) is 22.2. The van der Waals surface area contributed by atoms with E-state index in [0.29, 0.717) is 42.3 Å². The van der Waals surface area contributed by atoms with Crippen LogP contribution >= 0.6 is 0 Å². The van der Waals surface area contributed by atoms with Gasteiger partial charge in [0.2, 0.25) is 5.91 Å². The highest BCUT2D eigenvalue weighted by Gasteiger charge is 2.32. The zero-order valence-corrected chi connectivity index (χ0v) is 17.8. The molecule has 1 saturated carbocycles. The Morgan fingerprint density at radius 3 is 2.66 bits per heavy atom. The molecule has 1 aliphatic carbocycles. The summed E-state index contributed by atoms with van der Waals surface area (Å²) >= 11 is 0. The Morgan fingerprint density at radius 2 is 1.97 bits per heavy atom. The maximum absolute atomic E-state index is 12.9. The largest absolute Gasteiger partial charge is 0.417 e. The van der Waals surface area contributed by atoms with Crippen molar-refractivity contribution in [2.24, 2.45) is 11.8 Å². The lowest BCUT2D eigenvalue weighted by Gasteiger charge is -2.34. The predicted molar refractivity (Wildman–Crippen MR) is 113 cm³/mol. The van der Waals surface area contributed by atoms with Crippen molar-refractivity contribution in [2.45, 2.75) is 45.2 Å². The quantitative estimate of drug-likeness (QED) is 0.655. The first-order chi connectivity index (χ1) is 15.2. The van der Waals surface area contributed by atoms with Crippen LogP contribution < -0.4 is 10.2 Å². The third-order valence-electron chi connectivity index (χ3n) is 5.95. The van der Waals surface area contributed by atoms with E-state index < -0.39 is 11.7 Å². The molecule has 4 rings (SSSR count). The molecular weight excluding hydrogens is 421 g/mol. The highest BCUT2D eigenvalue weighted by Crippen LogP contribution is 2.33. The van der Waals surface area contributed by atoms with Crippen molar-refractivity contribution in [3.8, 4) is 0 Å². The molecule has 2 aliphatic rings. The standard InChI is InChI=1S/C23H25F3N4O2/c1-14-9-18(23(24,25)26)12-28-21(14)30-8-2-3-15(13-30)10-19(31)17-6-7-27-20(11-17)29-22(32)16-4-5-16/h6-7,9,11-12,15-16H,2-5,8,10,13H2,1H3,(H,27,29,32)/t15-/m0/s1. The number of anilines is 2. The minimum atomic E-state index is -4.42. The summed E-state index contributed by atoms with van der Waals surface area (Å²) in [7, 11) is 0. The molecule has 3 heterocycles. The van der Waals surface area contributed by atoms with Crippen molar-refractivity contribution in [2.75, 3.05) is 23.3 Å². The molecule has 2 fully saturated rings. The average Bonchev–Trinajstić information content (AvgIpc) is 3.59. The third-order valence-corrected chi connectivity index (χ3v) is 5.95. The van der Waals surface area contributed by atoms with Crippen LogP contribution in [0.3, 0.4) is 0 Å². The maximum atomic E-state index is 12.9. The Kier molecular flexibility index (Phi) is 6.17. The van der Waals surface area contributed by atoms with Gasteiger partial charge in [0.05, 0.1) is 5.56 Å². The number of nitrogens with zero attached hydrogens (tertiary/aromatic N) is 3. The highest BCUT2D eigenvalue weighted by molar-refractivity contribution is 5.98. The first-order valence-corrected chi connectivity index (χ1v) is 10.8. The summed E-state index contributed by atoms with van der Waals surface area (Å²) in [6.07, 6.45) is 1.73. The Balaban J connectivity index is 1.40. The number of alkyl halides is 3. The molecule has 0 bridgehead atoms. The van der Waals surface area contributed by atoms with E-state index in [4.69, 9.17) is 0 Å². The number of ketones is 1. The number of aryl methyl sites for hydroxylation is 1. The summed E-state index contributed by atoms with van der Waals surface area (Å²) in [6, 6.07) is 4.35. The molecule has 0 aromatic carbocycles. The number of piperidine rings is 1. The fourth-order valence-electron chi connectivity index (χ4n) is 4.10. The minimum absolute atomic E-state index is 0.0433. The van der Waals surface area contributed by atoms with E-state index in [2.05, 4.69) is 15.3 Å². The maximum Gasteiger partial charge on any atom is 0.417 e. The molecule has 170 valence electrons. The molecule has 1 N–H and O–H groups in total. The molecule has 32 heavy (non-hydrogen) atoms. The molecule has 1 atom stereocenters. The number of carbonyl (C=O) groups excluding carboxylic acids is 2. The second-order valence-electron chi connectivity index (χ2n) is 8.64. The first-order valence-electron chi connectivity index (χ1n) is 10.8. The molecule has 0 spiro atoms. The van der Waals surface area contributed by atoms with Gasteiger partial charge in [0.1, 0.15) is 11.6 Å². The van der Waals surface area contributed by atoms with Gasteiger partial charge in [-0.25, -0.2) is 9.97 Å². The van der Waals surface area contributed by atoms with Gasteiger partial charge in [0.15, 0.2) is 5.78 Å². The zero-order valence-electron chi connectivity index (χ0n) is 17.8. The molecular formula is C23H25F3N4O2. The summed E-state index contributed by atoms with van der Waals surface area (Å²) in [6.45, 7) is 2.87. The van der Waals surface area contributed by atoms with E-state index in [9.17, 15) is 22.8 Å². The van der Waals surface area contributed by atoms with Crippen LogP contribution in [0.4, 0.5) is 24.8 Å². The Labute approximate surface area is 184 Å². The average molecular weight is 446 g/mol. The monoisotopic (exact) mass is 446 g/mol. The normalized spacial score (nSPS) is 19.0. The number of hydrogen-bond donors (Lipinski definition) is 1. The summed E-state index contributed by atoms with van der Waals surface area (Å²) in [5.74, 6) is 0.915. The van der Waals surface area contributed by atoms with Gasteiger partial charge in [-0.3, -0.25) is 9.59 Å². The molecule has 6 nitrogen and oxygen atoms in total. The second-order valence-corrected chi connectivity index (χ2v) is 8.64. The zero-order chi connectivity index (χ0) is 22.9. The topological polar surface area (TPSA) is 75.2 Å². The number of rotatable bonds is 6. The van der Waals surface area contributed by atoms with Gasteiger partial charge in [0.25, 0.3) is 0 Å². The van der Waals surface area contributed by atoms with E-state index in [-0.39, 0.29) is 23.5 Å². The van der Waals surface area contributed by atoms with Gasteiger partial charge >= 0.3 is 6.18 Å². The van der Waals surface area contributed by atoms with Gasteiger partial charge in [-0.1, -0.05) is 0 Å². The molecule has 0 unspecified atom stereocenters. The number of nitrogens with one attached hydrogen (secondary N) is 1. The fourth-order valence-corrected chi connectivity index (χ4v) is 4.10. The molecule has 1 aliphatic heterocycles. The van der Waals surface area contributed by atoms with Crippen LogP contribution in [-0.2, 0) is 11.0 Å². The van der Waals surface area contributed by atoms with E-state index in [1.54, 1.807) is 19.1 Å². The summed E-state index contributed by atoms with van der Waals surface area (Å²) in [4.78, 5) is 35.0. The molecule has 1 amide bonds. The highest BCUT2D eigenvalue weighted by atomic mass is 19.4. The van der Waals surface area contributed by atoms with Crippen LogP contribution in [-0.4, -0.2) is 34.7 Å². The van der Waals surface area contributed by atoms with Crippen LogP contribution in [0.1, 0.15) is 53.6 Å². The van der Waals surface area contributed by atoms with Gasteiger partial charge in [-0.2, -0.15) is 13.2 Å². The SMILES string of the molecule is Cc1cc(C(F)(F)F)cnc1N1CCC[C@@H](CC(=O)c2ccnc(NC(=O)C3CC3)c2)C1. The van der Waals surface area contributed by atoms with Gasteiger partial charge < -0.3 is 10.2 Å². The predicted octanol–water partition coefficient (Wildman–Crippen LogP) is 4.64. The van der Waals surface area contributed by atoms with E-state index in [1.807, 2.05) is 4.90 Å². The third kappa shape index (κ3) is 5.26. The van der Waals surface area contributed by atoms with Crippen LogP contribution in [0.2, 0.25) is 0 Å². The molecule has 2 aromatic heterocycles. The van der Waals surface area contributed by atoms with Crippen LogP contribution in [0, 0.1) is 18.8 Å². The molecule has 0 radical (unpaired) electrons. The smallest absolute Gasteiger partial charge is 0.356 e. The number of amides is 1. The van der Waals surface area contributed by atoms with Crippen LogP contribution in [0.15, 0.2) is 30.6 Å². The fraction of sp³-hybridized carbons (Fsp3) is 0.478. The van der Waals surface area contributed by atoms with Crippen molar-refractivity contribution in [1.29, 1.82) is 0 Å². The van der Waals surface area contributed by atoms with E-state index >= 15 is 0 Å². The van der Waals surface area contributed by atoms with Gasteiger partial charge in [0, 0.05) is 43.4 Å². The number of carbonyl (C=O) groups is 2. The number of Topliss-reactive ketones (excluding diaryl/α,β-unsaturated/α-hetero) is 1. The second kappa shape index (κ2) is 8.88. The van der Waals surface area contributed by atoms with Gasteiger partial charge in [-0.15, -0.1) is 0 Å². The van der Waals surface area contributed by atoms with Crippen molar-refractivity contribution in [3.63, 3.8) is 0 Å². The van der Waals surface area contributed by atoms with Crippen molar-refractivity contribution in [1.82, 2.24) is 9.97 Å². The lowest BCUT2D eigenvalue weighted by Crippen LogP contribution is -2.37. The lowest BCUT2D eigenvalue weighted by molar-refractivity contribution is -0.137. The Morgan fingerprint density at radius 1 is 1.19 bits per heavy atom. The van der Waals surface area contributed by atoms with E-state index in [0.717, 1.165) is 37.9 Å². The molecule has 2 aromatic rings. The van der Waals surface area contributed by atoms with Gasteiger partial charge in [-0.05, 0) is 62.3 Å². The van der Waals surface area contributed by atoms with Crippen molar-refractivity contribution < 1.29 is 22.8 Å². The summed E-state index contributed by atoms with van der Waals surface area (Å²) in [5, 5.41) is 2.75.